The van der Waals surface area contributed by atoms with E-state index in [-0.39, 0.29) is 6.04 Å². The zero-order valence-electron chi connectivity index (χ0n) is 13.4. The molecule has 0 bridgehead atoms. The molecule has 2 aliphatic heterocycles. The Morgan fingerprint density at radius 3 is 2.55 bits per heavy atom. The summed E-state index contributed by atoms with van der Waals surface area (Å²) in [5.74, 6) is 0.971. The highest BCUT2D eigenvalue weighted by Gasteiger charge is 2.32. The van der Waals surface area contributed by atoms with Gasteiger partial charge in [0.05, 0.1) is 6.04 Å². The highest BCUT2D eigenvalue weighted by molar-refractivity contribution is 5.81. The Labute approximate surface area is 123 Å². The molecule has 0 aliphatic carbocycles. The van der Waals surface area contributed by atoms with Crippen molar-refractivity contribution in [2.24, 2.45) is 5.92 Å². The summed E-state index contributed by atoms with van der Waals surface area (Å²) in [5, 5.41) is 3.56. The Kier molecular flexibility index (Phi) is 5.85. The van der Waals surface area contributed by atoms with E-state index in [0.29, 0.717) is 17.9 Å². The summed E-state index contributed by atoms with van der Waals surface area (Å²) in [6.45, 7) is 11.6. The molecule has 4 heteroatoms. The van der Waals surface area contributed by atoms with Crippen LogP contribution in [0.3, 0.4) is 0 Å². The van der Waals surface area contributed by atoms with Gasteiger partial charge in [-0.25, -0.2) is 0 Å². The molecule has 0 radical (unpaired) electrons. The van der Waals surface area contributed by atoms with Gasteiger partial charge < -0.3 is 10.2 Å². The maximum atomic E-state index is 12.6. The molecule has 2 rings (SSSR count). The van der Waals surface area contributed by atoms with E-state index in [0.717, 1.165) is 39.1 Å². The number of carbonyl (C=O) groups is 1. The minimum Gasteiger partial charge on any atom is -0.341 e. The second-order valence-electron chi connectivity index (χ2n) is 6.49. The number of piperidine rings is 2. The van der Waals surface area contributed by atoms with Crippen LogP contribution in [0.2, 0.25) is 0 Å². The molecule has 116 valence electrons. The Morgan fingerprint density at radius 1 is 1.25 bits per heavy atom. The molecule has 2 fully saturated rings. The minimum absolute atomic E-state index is 0.0538. The van der Waals surface area contributed by atoms with Crippen LogP contribution in [0.5, 0.6) is 0 Å². The molecule has 0 aromatic rings. The third-order valence-electron chi connectivity index (χ3n) is 4.98. The molecular formula is C16H31N3O. The van der Waals surface area contributed by atoms with Crippen molar-refractivity contribution in [2.75, 3.05) is 32.7 Å². The lowest BCUT2D eigenvalue weighted by atomic mass is 9.92. The van der Waals surface area contributed by atoms with Crippen LogP contribution in [-0.4, -0.2) is 60.5 Å². The average molecular weight is 281 g/mol. The van der Waals surface area contributed by atoms with Crippen LogP contribution in [-0.2, 0) is 4.79 Å². The van der Waals surface area contributed by atoms with Gasteiger partial charge in [-0.1, -0.05) is 13.8 Å². The van der Waals surface area contributed by atoms with Gasteiger partial charge >= 0.3 is 0 Å². The van der Waals surface area contributed by atoms with E-state index in [2.05, 4.69) is 35.9 Å². The highest BCUT2D eigenvalue weighted by atomic mass is 16.2. The van der Waals surface area contributed by atoms with Crippen LogP contribution in [0.4, 0.5) is 0 Å². The summed E-state index contributed by atoms with van der Waals surface area (Å²) in [7, 11) is 0. The quantitative estimate of drug-likeness (QED) is 0.852. The van der Waals surface area contributed by atoms with Crippen LogP contribution in [0.15, 0.2) is 0 Å². The zero-order chi connectivity index (χ0) is 14.5. The van der Waals surface area contributed by atoms with E-state index in [1.165, 1.54) is 19.3 Å². The van der Waals surface area contributed by atoms with Gasteiger partial charge in [0.1, 0.15) is 0 Å². The van der Waals surface area contributed by atoms with Crippen LogP contribution in [0.1, 0.15) is 46.5 Å². The Bertz CT molecular complexity index is 315. The first-order valence-electron chi connectivity index (χ1n) is 8.39. The van der Waals surface area contributed by atoms with Gasteiger partial charge in [-0.05, 0) is 45.1 Å². The number of hydrogen-bond donors (Lipinski definition) is 1. The molecule has 4 nitrogen and oxygen atoms in total. The third-order valence-corrected chi connectivity index (χ3v) is 4.98. The lowest BCUT2D eigenvalue weighted by Crippen LogP contribution is -2.55. The van der Waals surface area contributed by atoms with Crippen molar-refractivity contribution in [1.82, 2.24) is 15.1 Å². The second kappa shape index (κ2) is 7.41. The molecule has 2 saturated heterocycles. The Hall–Kier alpha value is -0.610. The molecule has 3 atom stereocenters. The van der Waals surface area contributed by atoms with Gasteiger partial charge in [0.2, 0.25) is 5.91 Å². The first-order valence-corrected chi connectivity index (χ1v) is 8.39. The average Bonchev–Trinajstić information content (AvgIpc) is 2.49. The molecule has 0 aromatic carbocycles. The second-order valence-corrected chi connectivity index (χ2v) is 6.49. The summed E-state index contributed by atoms with van der Waals surface area (Å²) in [4.78, 5) is 17.0. The van der Waals surface area contributed by atoms with Crippen LogP contribution in [0.25, 0.3) is 0 Å². The number of amides is 1. The third kappa shape index (κ3) is 3.73. The SMILES string of the molecule is CCNC1CCN(C(C)C(=O)N2CCCCC2)CC1C. The Balaban J connectivity index is 1.86. The number of rotatable bonds is 4. The van der Waals surface area contributed by atoms with E-state index in [1.54, 1.807) is 0 Å². The fraction of sp³-hybridized carbons (Fsp3) is 0.938. The minimum atomic E-state index is 0.0538. The molecule has 2 heterocycles. The molecular weight excluding hydrogens is 250 g/mol. The number of nitrogens with zero attached hydrogens (tertiary/aromatic N) is 2. The molecule has 0 spiro atoms. The maximum Gasteiger partial charge on any atom is 0.239 e. The van der Waals surface area contributed by atoms with Crippen LogP contribution < -0.4 is 5.32 Å². The number of carbonyl (C=O) groups excluding carboxylic acids is 1. The molecule has 0 saturated carbocycles. The van der Waals surface area contributed by atoms with Crippen molar-refractivity contribution in [3.8, 4) is 0 Å². The lowest BCUT2D eigenvalue weighted by molar-refractivity contribution is -0.138. The van der Waals surface area contributed by atoms with Gasteiger partial charge in [-0.15, -0.1) is 0 Å². The molecule has 3 unspecified atom stereocenters. The van der Waals surface area contributed by atoms with Gasteiger partial charge in [-0.2, -0.15) is 0 Å². The summed E-state index contributed by atoms with van der Waals surface area (Å²) in [6.07, 6.45) is 4.80. The predicted molar refractivity (Wildman–Crippen MR) is 82.7 cm³/mol. The summed E-state index contributed by atoms with van der Waals surface area (Å²) >= 11 is 0. The van der Waals surface area contributed by atoms with Gasteiger partial charge in [0, 0.05) is 32.2 Å². The van der Waals surface area contributed by atoms with Crippen molar-refractivity contribution in [3.63, 3.8) is 0 Å². The molecule has 1 N–H and O–H groups in total. The fourth-order valence-electron chi connectivity index (χ4n) is 3.63. The normalized spacial score (nSPS) is 30.2. The van der Waals surface area contributed by atoms with Crippen molar-refractivity contribution in [3.05, 3.63) is 0 Å². The first kappa shape index (κ1) is 15.8. The van der Waals surface area contributed by atoms with Gasteiger partial charge in [0.25, 0.3) is 0 Å². The maximum absolute atomic E-state index is 12.6. The van der Waals surface area contributed by atoms with E-state index in [4.69, 9.17) is 0 Å². The predicted octanol–water partition coefficient (Wildman–Crippen LogP) is 1.71. The number of hydrogen-bond acceptors (Lipinski definition) is 3. The van der Waals surface area contributed by atoms with Crippen LogP contribution in [0, 0.1) is 5.92 Å². The molecule has 1 amide bonds. The van der Waals surface area contributed by atoms with Crippen molar-refractivity contribution in [1.29, 1.82) is 0 Å². The fourth-order valence-corrected chi connectivity index (χ4v) is 3.63. The van der Waals surface area contributed by atoms with Crippen molar-refractivity contribution >= 4 is 5.91 Å². The van der Waals surface area contributed by atoms with Crippen molar-refractivity contribution < 1.29 is 4.79 Å². The van der Waals surface area contributed by atoms with Crippen LogP contribution >= 0.6 is 0 Å². The summed E-state index contributed by atoms with van der Waals surface area (Å²) in [5.41, 5.74) is 0. The molecule has 20 heavy (non-hydrogen) atoms. The summed E-state index contributed by atoms with van der Waals surface area (Å²) in [6, 6.07) is 0.673. The Morgan fingerprint density at radius 2 is 1.95 bits per heavy atom. The largest absolute Gasteiger partial charge is 0.341 e. The van der Waals surface area contributed by atoms with Gasteiger partial charge in [-0.3, -0.25) is 9.69 Å². The van der Waals surface area contributed by atoms with E-state index >= 15 is 0 Å². The van der Waals surface area contributed by atoms with Gasteiger partial charge in [0.15, 0.2) is 0 Å². The van der Waals surface area contributed by atoms with E-state index in [9.17, 15) is 4.79 Å². The summed E-state index contributed by atoms with van der Waals surface area (Å²) < 4.78 is 0. The number of nitrogens with one attached hydrogen (secondary N) is 1. The van der Waals surface area contributed by atoms with Crippen molar-refractivity contribution in [2.45, 2.75) is 58.5 Å². The zero-order valence-corrected chi connectivity index (χ0v) is 13.4. The number of likely N-dealkylation sites (tertiary alicyclic amines) is 2. The lowest BCUT2D eigenvalue weighted by Gasteiger charge is -2.41. The van der Waals surface area contributed by atoms with E-state index < -0.39 is 0 Å². The standard InChI is InChI=1S/C16H31N3O/c1-4-17-15-8-11-19(12-13(15)2)14(3)16(20)18-9-6-5-7-10-18/h13-15,17H,4-12H2,1-3H3. The monoisotopic (exact) mass is 281 g/mol. The topological polar surface area (TPSA) is 35.6 Å². The highest BCUT2D eigenvalue weighted by Crippen LogP contribution is 2.20. The van der Waals surface area contributed by atoms with E-state index in [1.807, 2.05) is 0 Å². The first-order chi connectivity index (χ1) is 9.63. The molecule has 0 aromatic heterocycles. The smallest absolute Gasteiger partial charge is 0.239 e. The molecule has 2 aliphatic rings.